The Morgan fingerprint density at radius 3 is 1.30 bits per heavy atom. The molecule has 0 aliphatic heterocycles. The van der Waals surface area contributed by atoms with Crippen LogP contribution in [0.4, 0.5) is 52.7 Å². The lowest BCUT2D eigenvalue weighted by Gasteiger charge is -2.14. The van der Waals surface area contributed by atoms with Gasteiger partial charge in [-0.15, -0.1) is 0 Å². The predicted molar refractivity (Wildman–Crippen MR) is 131 cm³/mol. The van der Waals surface area contributed by atoms with Crippen LogP contribution >= 0.6 is 0 Å². The molecule has 22 heteroatoms. The summed E-state index contributed by atoms with van der Waals surface area (Å²) in [6.07, 6.45) is -18.6. The van der Waals surface area contributed by atoms with E-state index in [1.165, 1.54) is 0 Å². The number of hydrogen-bond donors (Lipinski definition) is 2. The van der Waals surface area contributed by atoms with Crippen molar-refractivity contribution in [2.75, 3.05) is 33.5 Å². The summed E-state index contributed by atoms with van der Waals surface area (Å²) in [7, 11) is 0.957. The first-order valence-corrected chi connectivity index (χ1v) is 11.7. The lowest BCUT2D eigenvalue weighted by molar-refractivity contribution is -0.154. The summed E-state index contributed by atoms with van der Waals surface area (Å²) in [5, 5.41) is 0. The molecule has 10 nitrogen and oxygen atoms in total. The van der Waals surface area contributed by atoms with Gasteiger partial charge in [-0.2, -0.15) is 57.7 Å². The van der Waals surface area contributed by atoms with Gasteiger partial charge in [-0.05, 0) is 36.4 Å². The van der Waals surface area contributed by atoms with Crippen molar-refractivity contribution in [3.63, 3.8) is 0 Å². The maximum atomic E-state index is 12.2. The number of esters is 1. The van der Waals surface area contributed by atoms with Crippen LogP contribution in [-0.4, -0.2) is 76.1 Å². The average Bonchev–Trinajstić information content (AvgIpc) is 2.91. The van der Waals surface area contributed by atoms with E-state index in [1.54, 1.807) is 0 Å². The summed E-state index contributed by atoms with van der Waals surface area (Å²) in [6, 6.07) is 5.14. The second-order valence-corrected chi connectivity index (χ2v) is 8.26. The Balaban J connectivity index is 0.000000462. The van der Waals surface area contributed by atoms with Gasteiger partial charge in [0.25, 0.3) is 5.91 Å². The SMILES string of the molecule is COC(=O)c1cc(OCC(F)(F)F)ccc1OCC(F)(F)F.NC(N)=NC(=O)c1cc(OCC(F)(F)F)ccc1OCC(F)(F)F. The van der Waals surface area contributed by atoms with E-state index in [1.807, 2.05) is 0 Å². The van der Waals surface area contributed by atoms with Crippen molar-refractivity contribution in [2.24, 2.45) is 16.5 Å². The van der Waals surface area contributed by atoms with Gasteiger partial charge in [-0.1, -0.05) is 0 Å². The number of benzene rings is 2. The molecular formula is C24H21F12N3O7. The Bertz CT molecular complexity index is 1350. The Hall–Kier alpha value is -4.79. The molecule has 0 heterocycles. The Kier molecular flexibility index (Phi) is 13.6. The van der Waals surface area contributed by atoms with Crippen molar-refractivity contribution in [3.8, 4) is 23.0 Å². The third-order valence-corrected chi connectivity index (χ3v) is 4.36. The number of carbonyl (C=O) groups excluding carboxylic acids is 2. The molecule has 2 aromatic rings. The number of guanidine groups is 1. The fourth-order valence-electron chi connectivity index (χ4n) is 2.71. The number of ether oxygens (including phenoxy) is 5. The van der Waals surface area contributed by atoms with Gasteiger partial charge in [0.15, 0.2) is 32.4 Å². The average molecular weight is 691 g/mol. The maximum absolute atomic E-state index is 12.2. The lowest BCUT2D eigenvalue weighted by atomic mass is 10.1. The van der Waals surface area contributed by atoms with E-state index in [2.05, 4.69) is 28.7 Å². The molecule has 0 aliphatic rings. The van der Waals surface area contributed by atoms with Gasteiger partial charge in [0.1, 0.15) is 28.6 Å². The lowest BCUT2D eigenvalue weighted by Crippen LogP contribution is -2.25. The number of nitrogens with two attached hydrogens (primary N) is 2. The highest BCUT2D eigenvalue weighted by Crippen LogP contribution is 2.30. The van der Waals surface area contributed by atoms with E-state index < -0.39 is 97.3 Å². The molecule has 0 bridgehead atoms. The van der Waals surface area contributed by atoms with E-state index in [4.69, 9.17) is 11.5 Å². The molecule has 0 fully saturated rings. The molecule has 2 aromatic carbocycles. The molecule has 0 unspecified atom stereocenters. The van der Waals surface area contributed by atoms with Crippen LogP contribution in [-0.2, 0) is 4.74 Å². The molecule has 1 amide bonds. The number of methoxy groups -OCH3 is 1. The van der Waals surface area contributed by atoms with E-state index in [9.17, 15) is 62.3 Å². The zero-order valence-electron chi connectivity index (χ0n) is 22.8. The molecule has 2 rings (SSSR count). The number of amides is 1. The third-order valence-electron chi connectivity index (χ3n) is 4.36. The van der Waals surface area contributed by atoms with E-state index >= 15 is 0 Å². The zero-order valence-corrected chi connectivity index (χ0v) is 22.8. The summed E-state index contributed by atoms with van der Waals surface area (Å²) in [5.74, 6) is -4.81. The van der Waals surface area contributed by atoms with Gasteiger partial charge < -0.3 is 35.2 Å². The van der Waals surface area contributed by atoms with Crippen LogP contribution in [0.2, 0.25) is 0 Å². The highest BCUT2D eigenvalue weighted by molar-refractivity contribution is 6.04. The molecule has 0 saturated carbocycles. The highest BCUT2D eigenvalue weighted by atomic mass is 19.4. The van der Waals surface area contributed by atoms with Gasteiger partial charge in [0, 0.05) is 0 Å². The van der Waals surface area contributed by atoms with Crippen LogP contribution in [0.1, 0.15) is 20.7 Å². The molecule has 0 aliphatic carbocycles. The topological polar surface area (TPSA) is 145 Å². The first kappa shape index (κ1) is 39.2. The second kappa shape index (κ2) is 16.0. The van der Waals surface area contributed by atoms with Gasteiger partial charge in [0.2, 0.25) is 0 Å². The molecular weight excluding hydrogens is 670 g/mol. The van der Waals surface area contributed by atoms with Crippen LogP contribution in [0.25, 0.3) is 0 Å². The van der Waals surface area contributed by atoms with Crippen molar-refractivity contribution in [1.82, 2.24) is 0 Å². The summed E-state index contributed by atoms with van der Waals surface area (Å²) in [5.41, 5.74) is 8.90. The summed E-state index contributed by atoms with van der Waals surface area (Å²) in [6.45, 7) is -6.67. The quantitative estimate of drug-likeness (QED) is 0.146. The van der Waals surface area contributed by atoms with Gasteiger partial charge in [-0.25, -0.2) is 4.79 Å². The largest absolute Gasteiger partial charge is 0.484 e. The fraction of sp³-hybridized carbons (Fsp3) is 0.375. The number of aliphatic imine (C=N–C) groups is 1. The normalized spacial score (nSPS) is 11.8. The minimum absolute atomic E-state index is 0.364. The van der Waals surface area contributed by atoms with Crippen molar-refractivity contribution in [3.05, 3.63) is 47.5 Å². The number of nitrogens with zero attached hydrogens (tertiary/aromatic N) is 1. The van der Waals surface area contributed by atoms with Crippen molar-refractivity contribution >= 4 is 17.8 Å². The maximum Gasteiger partial charge on any atom is 0.422 e. The van der Waals surface area contributed by atoms with Crippen LogP contribution in [0, 0.1) is 0 Å². The van der Waals surface area contributed by atoms with Crippen LogP contribution in [0.3, 0.4) is 0 Å². The second-order valence-electron chi connectivity index (χ2n) is 8.26. The summed E-state index contributed by atoms with van der Waals surface area (Å²) in [4.78, 5) is 26.3. The standard InChI is InChI=1S/C12H11F6N3O3.C12H10F6O4/c13-11(14,15)4-23-6-1-2-8(24-5-12(16,17)18)7(3-6)9(22)21-10(19)20;1-20-10(19)8-4-7(21-5-11(13,14)15)2-3-9(8)22-6-12(16,17)18/h1-3H,4-5H2,(H4,19,20,21,22);2-4H,5-6H2,1H3. The third kappa shape index (κ3) is 16.3. The molecule has 0 aromatic heterocycles. The molecule has 4 N–H and O–H groups in total. The Labute approximate surface area is 249 Å². The summed E-state index contributed by atoms with van der Waals surface area (Å²) >= 11 is 0. The first-order chi connectivity index (χ1) is 20.9. The first-order valence-electron chi connectivity index (χ1n) is 11.7. The molecule has 0 radical (unpaired) electrons. The monoisotopic (exact) mass is 691 g/mol. The fourth-order valence-corrected chi connectivity index (χ4v) is 2.71. The van der Waals surface area contributed by atoms with Crippen LogP contribution < -0.4 is 30.4 Å². The zero-order chi connectivity index (χ0) is 35.5. The predicted octanol–water partition coefficient (Wildman–Crippen LogP) is 5.34. The van der Waals surface area contributed by atoms with Crippen molar-refractivity contribution in [2.45, 2.75) is 24.7 Å². The summed E-state index contributed by atoms with van der Waals surface area (Å²) < 4.78 is 167. The molecule has 258 valence electrons. The van der Waals surface area contributed by atoms with Crippen LogP contribution in [0.15, 0.2) is 41.4 Å². The minimum Gasteiger partial charge on any atom is -0.484 e. The smallest absolute Gasteiger partial charge is 0.422 e. The van der Waals surface area contributed by atoms with E-state index in [-0.39, 0.29) is 5.75 Å². The number of halogens is 12. The highest BCUT2D eigenvalue weighted by Gasteiger charge is 2.32. The number of rotatable bonds is 10. The molecule has 0 saturated heterocycles. The van der Waals surface area contributed by atoms with Crippen molar-refractivity contribution < 1.29 is 86.0 Å². The van der Waals surface area contributed by atoms with Gasteiger partial charge in [-0.3, -0.25) is 4.79 Å². The van der Waals surface area contributed by atoms with Crippen LogP contribution in [0.5, 0.6) is 23.0 Å². The number of hydrogen-bond acceptors (Lipinski definition) is 7. The Morgan fingerprint density at radius 1 is 0.609 bits per heavy atom. The van der Waals surface area contributed by atoms with Gasteiger partial charge >= 0.3 is 30.7 Å². The van der Waals surface area contributed by atoms with E-state index in [0.29, 0.717) is 0 Å². The molecule has 0 spiro atoms. The number of alkyl halides is 12. The van der Waals surface area contributed by atoms with E-state index in [0.717, 1.165) is 43.5 Å². The Morgan fingerprint density at radius 2 is 0.957 bits per heavy atom. The molecule has 46 heavy (non-hydrogen) atoms. The minimum atomic E-state index is -4.69. The number of carbonyl (C=O) groups is 2. The van der Waals surface area contributed by atoms with Gasteiger partial charge in [0.05, 0.1) is 12.7 Å². The van der Waals surface area contributed by atoms with Crippen molar-refractivity contribution in [1.29, 1.82) is 0 Å². The molecule has 0 atom stereocenters.